The molecule has 2 rings (SSSR count). The molecule has 1 aliphatic heterocycles. The maximum absolute atomic E-state index is 11.8. The second-order valence-corrected chi connectivity index (χ2v) is 7.47. The van der Waals surface area contributed by atoms with Crippen LogP contribution in [-0.4, -0.2) is 43.4 Å². The molecule has 0 saturated heterocycles. The van der Waals surface area contributed by atoms with Crippen LogP contribution < -0.4 is 9.47 Å². The van der Waals surface area contributed by atoms with Gasteiger partial charge < -0.3 is 14.2 Å². The molecule has 148 valence electrons. The van der Waals surface area contributed by atoms with Crippen LogP contribution in [-0.2, 0) is 16.0 Å². The maximum atomic E-state index is 11.8. The lowest BCUT2D eigenvalue weighted by atomic mass is 9.92. The largest absolute Gasteiger partial charge is 0.493 e. The minimum absolute atomic E-state index is 0.0281. The Morgan fingerprint density at radius 2 is 2.07 bits per heavy atom. The third-order valence-electron chi connectivity index (χ3n) is 4.56. The van der Waals surface area contributed by atoms with Gasteiger partial charge in [-0.1, -0.05) is 25.3 Å². The molecular formula is C20H28N2O4S. The van der Waals surface area contributed by atoms with E-state index < -0.39 is 0 Å². The highest BCUT2D eigenvalue weighted by atomic mass is 32.2. The summed E-state index contributed by atoms with van der Waals surface area (Å²) in [6.45, 7) is 3.39. The monoisotopic (exact) mass is 392 g/mol. The molecule has 0 N–H and O–H groups in total. The molecule has 7 heteroatoms. The van der Waals surface area contributed by atoms with Crippen LogP contribution in [0.5, 0.6) is 11.5 Å². The van der Waals surface area contributed by atoms with Crippen molar-refractivity contribution in [3.63, 3.8) is 0 Å². The highest BCUT2D eigenvalue weighted by Crippen LogP contribution is 2.41. The molecule has 0 aliphatic carbocycles. The van der Waals surface area contributed by atoms with Crippen molar-refractivity contribution in [1.29, 1.82) is 5.26 Å². The molecule has 0 bridgehead atoms. The van der Waals surface area contributed by atoms with Crippen LogP contribution in [0.25, 0.3) is 0 Å². The predicted molar refractivity (Wildman–Crippen MR) is 106 cm³/mol. The number of benzene rings is 1. The Kier molecular flexibility index (Phi) is 8.76. The van der Waals surface area contributed by atoms with Gasteiger partial charge in [-0.3, -0.25) is 4.79 Å². The lowest BCUT2D eigenvalue weighted by molar-refractivity contribution is -0.143. The van der Waals surface area contributed by atoms with Crippen molar-refractivity contribution in [3.8, 4) is 17.6 Å². The normalized spacial score (nSPS) is 16.3. The minimum atomic E-state index is -0.156. The first-order chi connectivity index (χ1) is 13.1. The Hall–Kier alpha value is -1.91. The average molecular weight is 393 g/mol. The van der Waals surface area contributed by atoms with Crippen LogP contribution in [0.15, 0.2) is 12.1 Å². The second kappa shape index (κ2) is 11.1. The van der Waals surface area contributed by atoms with Crippen LogP contribution in [0.3, 0.4) is 0 Å². The van der Waals surface area contributed by atoms with Crippen molar-refractivity contribution >= 4 is 17.9 Å². The maximum Gasteiger partial charge on any atom is 0.306 e. The van der Waals surface area contributed by atoms with E-state index in [1.165, 1.54) is 5.56 Å². The zero-order valence-corrected chi connectivity index (χ0v) is 17.1. The summed E-state index contributed by atoms with van der Waals surface area (Å²) in [7, 11) is 3.24. The fourth-order valence-corrected chi connectivity index (χ4v) is 4.19. The average Bonchev–Trinajstić information content (AvgIpc) is 2.68. The number of rotatable bonds is 10. The van der Waals surface area contributed by atoms with Gasteiger partial charge in [0.1, 0.15) is 0 Å². The smallest absolute Gasteiger partial charge is 0.306 e. The molecule has 0 radical (unpaired) electrons. The lowest BCUT2D eigenvalue weighted by Gasteiger charge is -2.35. The summed E-state index contributed by atoms with van der Waals surface area (Å²) in [5.74, 6) is 1.88. The van der Waals surface area contributed by atoms with Gasteiger partial charge in [-0.2, -0.15) is 5.26 Å². The fourth-order valence-electron chi connectivity index (χ4n) is 3.11. The molecule has 0 saturated carbocycles. The quantitative estimate of drug-likeness (QED) is 0.340. The number of carbonyl (C=O) groups excluding carboxylic acids is 1. The first kappa shape index (κ1) is 21.4. The van der Waals surface area contributed by atoms with E-state index in [0.29, 0.717) is 36.7 Å². The number of nitriles is 1. The molecular weight excluding hydrogens is 364 g/mol. The van der Waals surface area contributed by atoms with Crippen LogP contribution >= 0.6 is 11.9 Å². The van der Waals surface area contributed by atoms with Crippen molar-refractivity contribution in [2.45, 2.75) is 45.1 Å². The van der Waals surface area contributed by atoms with Gasteiger partial charge in [0.05, 0.1) is 45.8 Å². The van der Waals surface area contributed by atoms with Crippen molar-refractivity contribution in [1.82, 2.24) is 4.31 Å². The summed E-state index contributed by atoms with van der Waals surface area (Å²) in [6, 6.07) is 6.24. The van der Waals surface area contributed by atoms with Gasteiger partial charge in [0.15, 0.2) is 11.5 Å². The Bertz CT molecular complexity index is 675. The van der Waals surface area contributed by atoms with Crippen molar-refractivity contribution in [2.24, 2.45) is 0 Å². The second-order valence-electron chi connectivity index (χ2n) is 6.33. The molecule has 0 aromatic heterocycles. The Balaban J connectivity index is 2.03. The molecule has 0 amide bonds. The zero-order valence-electron chi connectivity index (χ0n) is 16.3. The van der Waals surface area contributed by atoms with Crippen LogP contribution in [0.1, 0.15) is 49.8 Å². The number of ether oxygens (including phenoxy) is 3. The number of carbonyl (C=O) groups is 1. The summed E-state index contributed by atoms with van der Waals surface area (Å²) in [4.78, 5) is 11.8. The number of esters is 1. The zero-order chi connectivity index (χ0) is 19.6. The highest BCUT2D eigenvalue weighted by molar-refractivity contribution is 7.97. The van der Waals surface area contributed by atoms with E-state index in [-0.39, 0.29) is 12.0 Å². The first-order valence-corrected chi connectivity index (χ1v) is 10.3. The molecule has 1 heterocycles. The van der Waals surface area contributed by atoms with Gasteiger partial charge >= 0.3 is 5.97 Å². The molecule has 1 atom stereocenters. The number of methoxy groups -OCH3 is 2. The Morgan fingerprint density at radius 3 is 2.74 bits per heavy atom. The summed E-state index contributed by atoms with van der Waals surface area (Å²) >= 11 is 1.61. The number of unbranched alkanes of at least 4 members (excludes halogenated alkanes) is 1. The number of nitrogens with zero attached hydrogens (tertiary/aromatic N) is 2. The van der Waals surface area contributed by atoms with Gasteiger partial charge in [0.25, 0.3) is 0 Å². The van der Waals surface area contributed by atoms with E-state index in [2.05, 4.69) is 17.3 Å². The van der Waals surface area contributed by atoms with E-state index in [9.17, 15) is 10.1 Å². The first-order valence-electron chi connectivity index (χ1n) is 9.31. The van der Waals surface area contributed by atoms with Gasteiger partial charge in [-0.15, -0.1) is 0 Å². The molecule has 1 unspecified atom stereocenters. The Labute approximate surface area is 165 Å². The molecule has 1 aromatic rings. The number of fused-ring (bicyclic) bond motifs is 1. The number of hydrogen-bond donors (Lipinski definition) is 0. The van der Waals surface area contributed by atoms with E-state index in [4.69, 9.17) is 14.2 Å². The van der Waals surface area contributed by atoms with E-state index in [1.54, 1.807) is 26.2 Å². The lowest BCUT2D eigenvalue weighted by Crippen LogP contribution is -2.31. The summed E-state index contributed by atoms with van der Waals surface area (Å²) in [6.07, 6.45) is 3.54. The summed E-state index contributed by atoms with van der Waals surface area (Å²) < 4.78 is 18.2. The third kappa shape index (κ3) is 5.78. The van der Waals surface area contributed by atoms with Crippen molar-refractivity contribution in [2.75, 3.05) is 33.1 Å². The standard InChI is InChI=1S/C20H28N2O4S/c1-4-5-11-26-20(23)8-12-27-22-10-7-15-13-18(24-2)19(25-3)14-16(15)17(22)6-9-21/h13-14,17H,4-8,10-12H2,1-3H3. The van der Waals surface area contributed by atoms with Crippen LogP contribution in [0.4, 0.5) is 0 Å². The molecule has 6 nitrogen and oxygen atoms in total. The topological polar surface area (TPSA) is 71.8 Å². The van der Waals surface area contributed by atoms with Gasteiger partial charge in [0, 0.05) is 12.3 Å². The third-order valence-corrected chi connectivity index (χ3v) is 5.72. The molecule has 0 fully saturated rings. The SMILES string of the molecule is CCCCOC(=O)CCSN1CCc2cc(OC)c(OC)cc2C1CC#N. The van der Waals surface area contributed by atoms with E-state index in [0.717, 1.165) is 31.4 Å². The molecule has 1 aromatic carbocycles. The van der Waals surface area contributed by atoms with Crippen LogP contribution in [0, 0.1) is 11.3 Å². The minimum Gasteiger partial charge on any atom is -0.493 e. The van der Waals surface area contributed by atoms with Crippen LogP contribution in [0.2, 0.25) is 0 Å². The molecule has 0 spiro atoms. The summed E-state index contributed by atoms with van der Waals surface area (Å²) in [5.41, 5.74) is 2.28. The fraction of sp³-hybridized carbons (Fsp3) is 0.600. The van der Waals surface area contributed by atoms with Crippen molar-refractivity contribution in [3.05, 3.63) is 23.3 Å². The predicted octanol–water partition coefficient (Wildman–Crippen LogP) is 3.90. The summed E-state index contributed by atoms with van der Waals surface area (Å²) in [5, 5.41) is 9.31. The molecule has 27 heavy (non-hydrogen) atoms. The highest BCUT2D eigenvalue weighted by Gasteiger charge is 2.29. The Morgan fingerprint density at radius 1 is 1.33 bits per heavy atom. The van der Waals surface area contributed by atoms with Gasteiger partial charge in [-0.05, 0) is 36.1 Å². The van der Waals surface area contributed by atoms with Crippen molar-refractivity contribution < 1.29 is 19.0 Å². The van der Waals surface area contributed by atoms with E-state index in [1.807, 2.05) is 12.1 Å². The van der Waals surface area contributed by atoms with E-state index >= 15 is 0 Å². The van der Waals surface area contributed by atoms with Gasteiger partial charge in [0.2, 0.25) is 0 Å². The number of hydrogen-bond acceptors (Lipinski definition) is 7. The molecule has 1 aliphatic rings. The van der Waals surface area contributed by atoms with Gasteiger partial charge in [-0.25, -0.2) is 4.31 Å².